The molecule has 102 heavy (non-hydrogen) atoms. The van der Waals surface area contributed by atoms with Gasteiger partial charge >= 0.3 is 0 Å². The molecule has 16 rings (SSSR count). The highest BCUT2D eigenvalue weighted by Crippen LogP contribution is 2.34. The lowest BCUT2D eigenvalue weighted by Gasteiger charge is -2.22. The summed E-state index contributed by atoms with van der Waals surface area (Å²) in [4.78, 5) is 13.7. The van der Waals surface area contributed by atoms with Crippen molar-refractivity contribution in [1.29, 1.82) is 0 Å². The standard InChI is InChI=1S/2C23H28N2O.2C23H27NO/c1-2-5-19(6-3-1)17-26-21-9-10-23-22(15-21)20(16-25-23)8-4-7-18-11-13-24-14-12-18;1-2-5-19(6-3-1)17-26-21-9-10-22-20(16-25-23(22)15-21)8-4-7-18-11-13-24-14-12-18;1-3-7-18(8-4-1)11-12-20-16-24-23-14-13-21(15-22(20)23)25-17-19-9-5-2-6-10-19;1-3-7-18(8-4-1)11-12-20-16-24-23-15-21(13-14-22(20)23)25-17-19-9-5-2-6-10-19/h2*1-3,5-6,9-10,15-16,18,24-25H,4,7-8,11-14,17H2;2*2,5-6,9-10,13-16,18,24H,1,3-4,7-8,11-12,17H2. The predicted octanol–water partition coefficient (Wildman–Crippen LogP) is 22.7. The Hall–Kier alpha value is -8.96. The third-order valence-electron chi connectivity index (χ3n) is 22.1. The molecule has 0 amide bonds. The van der Waals surface area contributed by atoms with Crippen LogP contribution in [0, 0.1) is 23.7 Å². The van der Waals surface area contributed by atoms with Crippen LogP contribution in [0.2, 0.25) is 0 Å². The SMILES string of the molecule is c1ccc(COc2ccc3[nH]cc(CCC4CCCCC4)c3c2)cc1.c1ccc(COc2ccc3[nH]cc(CCCC4CCNCC4)c3c2)cc1.c1ccc(COc2ccc3c(CCC4CCCCC4)c[nH]c3c2)cc1.c1ccc(COc2ccc3c(CCCC4CCNCC4)c[nH]c3c2)cc1. The van der Waals surface area contributed by atoms with Crippen LogP contribution in [0.1, 0.15) is 173 Å². The van der Waals surface area contributed by atoms with Crippen molar-refractivity contribution in [2.75, 3.05) is 26.2 Å². The summed E-state index contributed by atoms with van der Waals surface area (Å²) in [6, 6.07) is 66.9. The number of H-pyrrole nitrogens is 4. The van der Waals surface area contributed by atoms with Crippen LogP contribution in [0.4, 0.5) is 0 Å². The van der Waals surface area contributed by atoms with E-state index in [0.29, 0.717) is 26.4 Å². The highest BCUT2D eigenvalue weighted by molar-refractivity contribution is 5.87. The molecule has 0 atom stereocenters. The van der Waals surface area contributed by atoms with E-state index in [1.54, 1.807) is 0 Å². The lowest BCUT2D eigenvalue weighted by atomic mass is 9.85. The molecule has 4 fully saturated rings. The second kappa shape index (κ2) is 38.3. The Bertz CT molecular complexity index is 4360. The second-order valence-corrected chi connectivity index (χ2v) is 29.4. The molecule has 4 aliphatic rings. The van der Waals surface area contributed by atoms with Gasteiger partial charge in [0, 0.05) is 80.5 Å². The Labute approximate surface area is 606 Å². The van der Waals surface area contributed by atoms with Gasteiger partial charge in [0.05, 0.1) is 0 Å². The molecule has 0 spiro atoms. The monoisotopic (exact) mass is 1360 g/mol. The molecule has 12 aromatic rings. The molecule has 10 heteroatoms. The fourth-order valence-electron chi connectivity index (χ4n) is 16.0. The number of hydrogen-bond donors (Lipinski definition) is 6. The Morgan fingerprint density at radius 3 is 0.941 bits per heavy atom. The van der Waals surface area contributed by atoms with E-state index in [9.17, 15) is 0 Å². The minimum atomic E-state index is 0.607. The van der Waals surface area contributed by atoms with E-state index in [4.69, 9.17) is 18.9 Å². The maximum atomic E-state index is 6.01. The van der Waals surface area contributed by atoms with E-state index in [1.807, 2.05) is 48.5 Å². The molecule has 2 aliphatic heterocycles. The number of nitrogens with one attached hydrogen (secondary N) is 6. The molecule has 2 aliphatic carbocycles. The summed E-state index contributed by atoms with van der Waals surface area (Å²) in [5, 5.41) is 12.2. The summed E-state index contributed by atoms with van der Waals surface area (Å²) in [7, 11) is 0. The highest BCUT2D eigenvalue weighted by Gasteiger charge is 2.19. The van der Waals surface area contributed by atoms with E-state index in [1.165, 1.54) is 256 Å². The topological polar surface area (TPSA) is 124 Å². The van der Waals surface area contributed by atoms with E-state index in [-0.39, 0.29) is 0 Å². The highest BCUT2D eigenvalue weighted by atomic mass is 16.5. The molecule has 0 radical (unpaired) electrons. The molecule has 532 valence electrons. The second-order valence-electron chi connectivity index (χ2n) is 29.4. The molecule has 4 aromatic heterocycles. The zero-order valence-corrected chi connectivity index (χ0v) is 60.4. The summed E-state index contributed by atoms with van der Waals surface area (Å²) in [5.41, 5.74) is 15.3. The summed E-state index contributed by atoms with van der Waals surface area (Å²) in [6.07, 6.45) is 41.0. The van der Waals surface area contributed by atoms with Crippen molar-refractivity contribution in [3.8, 4) is 23.0 Å². The number of aryl methyl sites for hydroxylation is 4. The molecule has 6 N–H and O–H groups in total. The first-order chi connectivity index (χ1) is 50.5. The van der Waals surface area contributed by atoms with Gasteiger partial charge in [-0.2, -0.15) is 0 Å². The zero-order chi connectivity index (χ0) is 69.0. The predicted molar refractivity (Wildman–Crippen MR) is 423 cm³/mol. The van der Waals surface area contributed by atoms with Gasteiger partial charge in [0.2, 0.25) is 0 Å². The zero-order valence-electron chi connectivity index (χ0n) is 60.4. The van der Waals surface area contributed by atoms with E-state index >= 15 is 0 Å². The molecule has 2 saturated carbocycles. The number of ether oxygens (including phenoxy) is 4. The van der Waals surface area contributed by atoms with Gasteiger partial charge in [-0.3, -0.25) is 0 Å². The number of piperidine rings is 2. The van der Waals surface area contributed by atoms with Crippen LogP contribution < -0.4 is 29.6 Å². The largest absolute Gasteiger partial charge is 0.489 e. The lowest BCUT2D eigenvalue weighted by Crippen LogP contribution is -2.27. The average molecular weight is 1360 g/mol. The van der Waals surface area contributed by atoms with Crippen molar-refractivity contribution < 1.29 is 18.9 Å². The molecule has 2 saturated heterocycles. The molecular weight excluding hydrogens is 1250 g/mol. The quantitative estimate of drug-likeness (QED) is 0.0321. The summed E-state index contributed by atoms with van der Waals surface area (Å²) >= 11 is 0. The summed E-state index contributed by atoms with van der Waals surface area (Å²) in [5.74, 6) is 7.44. The first-order valence-electron chi connectivity index (χ1n) is 39.0. The first kappa shape index (κ1) is 71.4. The van der Waals surface area contributed by atoms with E-state index < -0.39 is 0 Å². The van der Waals surface area contributed by atoms with Crippen LogP contribution in [-0.4, -0.2) is 46.1 Å². The van der Waals surface area contributed by atoms with Gasteiger partial charge in [0.25, 0.3) is 0 Å². The Morgan fingerprint density at radius 2 is 0.569 bits per heavy atom. The van der Waals surface area contributed by atoms with Crippen LogP contribution in [0.15, 0.2) is 219 Å². The number of rotatable bonds is 26. The van der Waals surface area contributed by atoms with Crippen LogP contribution in [0.3, 0.4) is 0 Å². The molecule has 0 bridgehead atoms. The van der Waals surface area contributed by atoms with Gasteiger partial charge in [-0.25, -0.2) is 0 Å². The smallest absolute Gasteiger partial charge is 0.121 e. The van der Waals surface area contributed by atoms with Gasteiger partial charge in [0.15, 0.2) is 0 Å². The van der Waals surface area contributed by atoms with Crippen LogP contribution >= 0.6 is 0 Å². The van der Waals surface area contributed by atoms with Crippen molar-refractivity contribution in [3.63, 3.8) is 0 Å². The summed E-state index contributed by atoms with van der Waals surface area (Å²) < 4.78 is 23.9. The minimum Gasteiger partial charge on any atom is -0.489 e. The van der Waals surface area contributed by atoms with Crippen LogP contribution in [0.5, 0.6) is 23.0 Å². The van der Waals surface area contributed by atoms with Crippen molar-refractivity contribution in [2.24, 2.45) is 23.7 Å². The number of hydrogen-bond acceptors (Lipinski definition) is 6. The number of aromatic amines is 4. The molecular formula is C92H110N6O4. The maximum absolute atomic E-state index is 6.01. The first-order valence-corrected chi connectivity index (χ1v) is 39.0. The van der Waals surface area contributed by atoms with Gasteiger partial charge in [-0.1, -0.05) is 198 Å². The Morgan fingerprint density at radius 1 is 0.265 bits per heavy atom. The third kappa shape index (κ3) is 21.6. The van der Waals surface area contributed by atoms with Gasteiger partial charge in [-0.15, -0.1) is 0 Å². The van der Waals surface area contributed by atoms with Crippen molar-refractivity contribution >= 4 is 43.6 Å². The molecule has 10 nitrogen and oxygen atoms in total. The van der Waals surface area contributed by atoms with Crippen molar-refractivity contribution in [2.45, 2.75) is 181 Å². The maximum Gasteiger partial charge on any atom is 0.121 e. The molecule has 6 heterocycles. The summed E-state index contributed by atoms with van der Waals surface area (Å²) in [6.45, 7) is 7.24. The molecule has 0 unspecified atom stereocenters. The van der Waals surface area contributed by atoms with E-state index in [0.717, 1.165) is 59.5 Å². The van der Waals surface area contributed by atoms with Crippen molar-refractivity contribution in [3.05, 3.63) is 263 Å². The fraction of sp³-hybridized carbons (Fsp3) is 0.391. The average Bonchev–Trinajstić information content (AvgIpc) is 1.69. The van der Waals surface area contributed by atoms with Gasteiger partial charge < -0.3 is 49.5 Å². The Kier molecular flexibility index (Phi) is 26.9. The van der Waals surface area contributed by atoms with Crippen molar-refractivity contribution in [1.82, 2.24) is 30.6 Å². The number of aromatic nitrogens is 4. The van der Waals surface area contributed by atoms with Crippen LogP contribution in [-0.2, 0) is 52.1 Å². The van der Waals surface area contributed by atoms with Crippen LogP contribution in [0.25, 0.3) is 43.6 Å². The van der Waals surface area contributed by atoms with Gasteiger partial charge in [-0.05, 0) is 232 Å². The van der Waals surface area contributed by atoms with Gasteiger partial charge in [0.1, 0.15) is 49.4 Å². The fourth-order valence-corrected chi connectivity index (χ4v) is 16.0. The molecule has 8 aromatic carbocycles. The van der Waals surface area contributed by atoms with E-state index in [2.05, 4.69) is 201 Å². The normalized spacial score (nSPS) is 15.5. The lowest BCUT2D eigenvalue weighted by molar-refractivity contribution is 0.306. The third-order valence-corrected chi connectivity index (χ3v) is 22.1. The Balaban J connectivity index is 0.000000121. The minimum absolute atomic E-state index is 0.607. The number of fused-ring (bicyclic) bond motifs is 4. The number of benzene rings is 8.